The second-order valence-electron chi connectivity index (χ2n) is 3.91. The smallest absolute Gasteiger partial charge is 0.389 e. The molecule has 1 N–H and O–H groups in total. The number of hydrogen-bond donors (Lipinski definition) is 1. The second-order valence-corrected chi connectivity index (χ2v) is 4.31. The minimum absolute atomic E-state index is 0.0111. The van der Waals surface area contributed by atoms with Gasteiger partial charge in [-0.3, -0.25) is 0 Å². The fraction of sp³-hybridized carbons (Fsp3) is 0.455. The summed E-state index contributed by atoms with van der Waals surface area (Å²) in [4.78, 5) is 0. The minimum atomic E-state index is -4.29. The summed E-state index contributed by atoms with van der Waals surface area (Å²) in [5.41, 5.74) is 0.286. The van der Waals surface area contributed by atoms with Gasteiger partial charge in [0.05, 0.1) is 11.1 Å². The van der Waals surface area contributed by atoms with Gasteiger partial charge in [0.15, 0.2) is 11.5 Å². The molecule has 0 saturated heterocycles. The molecule has 1 aromatic carbocycles. The van der Waals surface area contributed by atoms with E-state index < -0.39 is 25.1 Å². The van der Waals surface area contributed by atoms with Crippen molar-refractivity contribution < 1.29 is 27.8 Å². The Morgan fingerprint density at radius 3 is 2.72 bits per heavy atom. The summed E-state index contributed by atoms with van der Waals surface area (Å²) in [6, 6.07) is 2.82. The van der Waals surface area contributed by atoms with Crippen molar-refractivity contribution in [2.45, 2.75) is 25.1 Å². The van der Waals surface area contributed by atoms with Crippen molar-refractivity contribution in [3.63, 3.8) is 0 Å². The van der Waals surface area contributed by atoms with Crippen LogP contribution < -0.4 is 9.47 Å². The molecule has 2 rings (SSSR count). The Labute approximate surface area is 106 Å². The van der Waals surface area contributed by atoms with Crippen LogP contribution in [-0.2, 0) is 0 Å². The van der Waals surface area contributed by atoms with Gasteiger partial charge in [0.1, 0.15) is 0 Å². The number of rotatable bonds is 3. The number of halogens is 4. The van der Waals surface area contributed by atoms with Crippen molar-refractivity contribution in [1.82, 2.24) is 0 Å². The van der Waals surface area contributed by atoms with Gasteiger partial charge >= 0.3 is 6.18 Å². The maximum absolute atomic E-state index is 12.0. The average Bonchev–Trinajstić information content (AvgIpc) is 2.73. The van der Waals surface area contributed by atoms with E-state index in [0.29, 0.717) is 11.5 Å². The number of hydrogen-bond acceptors (Lipinski definition) is 3. The van der Waals surface area contributed by atoms with E-state index in [-0.39, 0.29) is 17.4 Å². The van der Waals surface area contributed by atoms with Crippen LogP contribution in [0.1, 0.15) is 24.5 Å². The highest BCUT2D eigenvalue weighted by Gasteiger charge is 2.29. The zero-order valence-electron chi connectivity index (χ0n) is 9.13. The van der Waals surface area contributed by atoms with Crippen LogP contribution in [-0.4, -0.2) is 18.1 Å². The van der Waals surface area contributed by atoms with Crippen molar-refractivity contribution in [3.05, 3.63) is 22.7 Å². The molecule has 0 saturated carbocycles. The first-order valence-electron chi connectivity index (χ1n) is 5.20. The predicted molar refractivity (Wildman–Crippen MR) is 57.8 cm³/mol. The van der Waals surface area contributed by atoms with Crippen LogP contribution >= 0.6 is 11.6 Å². The number of aliphatic hydroxyl groups is 1. The average molecular weight is 283 g/mol. The first kappa shape index (κ1) is 13.3. The molecule has 3 nitrogen and oxygen atoms in total. The molecule has 1 heterocycles. The van der Waals surface area contributed by atoms with Crippen molar-refractivity contribution in [2.75, 3.05) is 6.79 Å². The van der Waals surface area contributed by atoms with Crippen LogP contribution in [0.25, 0.3) is 0 Å². The third-order valence-electron chi connectivity index (χ3n) is 2.54. The molecule has 100 valence electrons. The van der Waals surface area contributed by atoms with Crippen molar-refractivity contribution in [2.24, 2.45) is 0 Å². The molecule has 1 unspecified atom stereocenters. The molecule has 1 aliphatic rings. The number of ether oxygens (including phenoxy) is 2. The van der Waals surface area contributed by atoms with E-state index in [1.165, 1.54) is 12.1 Å². The molecule has 0 bridgehead atoms. The largest absolute Gasteiger partial charge is 0.454 e. The van der Waals surface area contributed by atoms with Gasteiger partial charge in [-0.25, -0.2) is 0 Å². The molecule has 0 radical (unpaired) electrons. The molecule has 0 spiro atoms. The zero-order valence-corrected chi connectivity index (χ0v) is 9.88. The Bertz CT molecular complexity index is 448. The Morgan fingerprint density at radius 2 is 2.06 bits per heavy atom. The highest BCUT2D eigenvalue weighted by atomic mass is 35.5. The predicted octanol–water partition coefficient (Wildman–Crippen LogP) is 3.44. The third kappa shape index (κ3) is 3.00. The summed E-state index contributed by atoms with van der Waals surface area (Å²) in [6.07, 6.45) is -7.00. The van der Waals surface area contributed by atoms with E-state index in [4.69, 9.17) is 21.1 Å². The molecular formula is C11H10ClF3O3. The quantitative estimate of drug-likeness (QED) is 0.923. The highest BCUT2D eigenvalue weighted by molar-refractivity contribution is 6.32. The summed E-state index contributed by atoms with van der Waals surface area (Å²) < 4.78 is 46.3. The van der Waals surface area contributed by atoms with E-state index in [9.17, 15) is 18.3 Å². The van der Waals surface area contributed by atoms with Gasteiger partial charge in [-0.1, -0.05) is 11.6 Å². The molecule has 1 aromatic rings. The van der Waals surface area contributed by atoms with Crippen LogP contribution in [0.5, 0.6) is 11.5 Å². The first-order chi connectivity index (χ1) is 8.37. The van der Waals surface area contributed by atoms with Gasteiger partial charge in [-0.2, -0.15) is 13.2 Å². The Morgan fingerprint density at radius 1 is 1.33 bits per heavy atom. The lowest BCUT2D eigenvalue weighted by molar-refractivity contribution is -0.140. The Balaban J connectivity index is 2.11. The van der Waals surface area contributed by atoms with Gasteiger partial charge in [0.2, 0.25) is 6.79 Å². The van der Waals surface area contributed by atoms with Gasteiger partial charge in [-0.15, -0.1) is 0 Å². The lowest BCUT2D eigenvalue weighted by Crippen LogP contribution is -2.10. The zero-order chi connectivity index (χ0) is 13.3. The Kier molecular flexibility index (Phi) is 3.59. The lowest BCUT2D eigenvalue weighted by atomic mass is 10.0. The molecule has 7 heteroatoms. The van der Waals surface area contributed by atoms with E-state index in [0.717, 1.165) is 0 Å². The van der Waals surface area contributed by atoms with Gasteiger partial charge in [0, 0.05) is 6.42 Å². The van der Waals surface area contributed by atoms with Crippen molar-refractivity contribution >= 4 is 11.6 Å². The monoisotopic (exact) mass is 282 g/mol. The third-order valence-corrected chi connectivity index (χ3v) is 2.82. The summed E-state index contributed by atoms with van der Waals surface area (Å²) >= 11 is 5.87. The molecule has 18 heavy (non-hydrogen) atoms. The number of alkyl halides is 3. The summed E-state index contributed by atoms with van der Waals surface area (Å²) in [5, 5.41) is 9.90. The number of fused-ring (bicyclic) bond motifs is 1. The van der Waals surface area contributed by atoms with E-state index in [2.05, 4.69) is 0 Å². The van der Waals surface area contributed by atoms with Gasteiger partial charge < -0.3 is 14.6 Å². The van der Waals surface area contributed by atoms with Gasteiger partial charge in [-0.05, 0) is 24.1 Å². The molecule has 1 atom stereocenters. The lowest BCUT2D eigenvalue weighted by Gasteiger charge is -2.13. The second kappa shape index (κ2) is 4.85. The van der Waals surface area contributed by atoms with Crippen molar-refractivity contribution in [1.29, 1.82) is 0 Å². The van der Waals surface area contributed by atoms with Crippen LogP contribution in [0.15, 0.2) is 12.1 Å². The fourth-order valence-corrected chi connectivity index (χ4v) is 1.92. The van der Waals surface area contributed by atoms with Crippen LogP contribution in [0, 0.1) is 0 Å². The van der Waals surface area contributed by atoms with Gasteiger partial charge in [0.25, 0.3) is 0 Å². The van der Waals surface area contributed by atoms with E-state index in [1.807, 2.05) is 0 Å². The van der Waals surface area contributed by atoms with E-state index >= 15 is 0 Å². The summed E-state index contributed by atoms with van der Waals surface area (Å²) in [5.74, 6) is 0.687. The standard InChI is InChI=1S/C11H10ClF3O3/c12-7-3-6(4-9-10(7)18-5-17-9)8(16)1-2-11(13,14)15/h3-4,8,16H,1-2,5H2. The van der Waals surface area contributed by atoms with E-state index in [1.54, 1.807) is 0 Å². The number of aliphatic hydroxyl groups excluding tert-OH is 1. The highest BCUT2D eigenvalue weighted by Crippen LogP contribution is 2.41. The van der Waals surface area contributed by atoms with Crippen molar-refractivity contribution in [3.8, 4) is 11.5 Å². The molecule has 1 aliphatic heterocycles. The molecule has 0 aliphatic carbocycles. The maximum atomic E-state index is 12.0. The fourth-order valence-electron chi connectivity index (χ4n) is 1.65. The van der Waals surface area contributed by atoms with Crippen LogP contribution in [0.4, 0.5) is 13.2 Å². The topological polar surface area (TPSA) is 38.7 Å². The normalized spacial score (nSPS) is 15.8. The first-order valence-corrected chi connectivity index (χ1v) is 5.58. The van der Waals surface area contributed by atoms with Crippen LogP contribution in [0.2, 0.25) is 5.02 Å². The molecule has 0 fully saturated rings. The minimum Gasteiger partial charge on any atom is -0.454 e. The molecular weight excluding hydrogens is 273 g/mol. The molecule has 0 aromatic heterocycles. The summed E-state index contributed by atoms with van der Waals surface area (Å²) in [7, 11) is 0. The Hall–Kier alpha value is -1.14. The van der Waals surface area contributed by atoms with Crippen LogP contribution in [0.3, 0.4) is 0 Å². The number of benzene rings is 1. The summed E-state index contributed by atoms with van der Waals surface area (Å²) in [6.45, 7) is 0.0111. The molecule has 0 amide bonds. The SMILES string of the molecule is OC(CCC(F)(F)F)c1cc(Cl)c2c(c1)OCO2. The maximum Gasteiger partial charge on any atom is 0.389 e.